The molecule has 2 fully saturated rings. The van der Waals surface area contributed by atoms with Gasteiger partial charge in [0.2, 0.25) is 5.91 Å². The van der Waals surface area contributed by atoms with Gasteiger partial charge in [0.05, 0.1) is 32.0 Å². The van der Waals surface area contributed by atoms with E-state index in [1.807, 2.05) is 6.08 Å². The third-order valence-electron chi connectivity index (χ3n) is 13.6. The topological polar surface area (TPSA) is 228 Å². The lowest BCUT2D eigenvalue weighted by Crippen LogP contribution is -2.65. The highest BCUT2D eigenvalue weighted by molar-refractivity contribution is 5.76. The van der Waals surface area contributed by atoms with Gasteiger partial charge in [0, 0.05) is 6.42 Å². The molecule has 2 saturated heterocycles. The molecule has 422 valence electrons. The van der Waals surface area contributed by atoms with Crippen LogP contribution in [0.25, 0.3) is 0 Å². The summed E-state index contributed by atoms with van der Waals surface area (Å²) >= 11 is 0. The number of allylic oxidation sites excluding steroid dienone is 11. The first-order chi connectivity index (χ1) is 35.6. The summed E-state index contributed by atoms with van der Waals surface area (Å²) in [6.07, 6.45) is 40.7. The zero-order valence-electron chi connectivity index (χ0n) is 45.1. The van der Waals surface area contributed by atoms with E-state index in [0.29, 0.717) is 12.8 Å². The van der Waals surface area contributed by atoms with E-state index in [4.69, 9.17) is 18.9 Å². The number of rotatable bonds is 44. The van der Waals surface area contributed by atoms with Gasteiger partial charge in [0.1, 0.15) is 48.8 Å². The molecule has 0 aromatic rings. The average Bonchev–Trinajstić information content (AvgIpc) is 3.39. The normalized spacial score (nSPS) is 25.9. The minimum atomic E-state index is -1.80. The molecular weight excluding hydrogens is 931 g/mol. The number of hydrogen-bond acceptors (Lipinski definition) is 13. The summed E-state index contributed by atoms with van der Waals surface area (Å²) in [5.41, 5.74) is 0. The predicted octanol–water partition coefficient (Wildman–Crippen LogP) is 9.16. The first kappa shape index (κ1) is 66.5. The van der Waals surface area contributed by atoms with Crippen LogP contribution in [0, 0.1) is 0 Å². The second-order valence-corrected chi connectivity index (χ2v) is 20.0. The Morgan fingerprint density at radius 1 is 0.493 bits per heavy atom. The zero-order valence-corrected chi connectivity index (χ0v) is 45.1. The number of unbranched alkanes of at least 4 members (excludes halogenated alkanes) is 21. The summed E-state index contributed by atoms with van der Waals surface area (Å²) in [5.74, 6) is -0.268. The molecule has 14 heteroatoms. The van der Waals surface area contributed by atoms with Crippen molar-refractivity contribution in [1.82, 2.24) is 5.32 Å². The van der Waals surface area contributed by atoms with Crippen molar-refractivity contribution in [1.29, 1.82) is 0 Å². The minimum absolute atomic E-state index is 0.252. The number of hydrogen-bond donors (Lipinski definition) is 9. The summed E-state index contributed by atoms with van der Waals surface area (Å²) in [6.45, 7) is 2.72. The number of amides is 1. The van der Waals surface area contributed by atoms with Gasteiger partial charge < -0.3 is 65.1 Å². The van der Waals surface area contributed by atoms with Gasteiger partial charge in [-0.05, 0) is 83.5 Å². The summed E-state index contributed by atoms with van der Waals surface area (Å²) in [6, 6.07) is -0.948. The van der Waals surface area contributed by atoms with E-state index in [-0.39, 0.29) is 18.9 Å². The summed E-state index contributed by atoms with van der Waals surface area (Å²) in [5, 5.41) is 87.0. The largest absolute Gasteiger partial charge is 0.394 e. The molecule has 0 aromatic carbocycles. The van der Waals surface area contributed by atoms with E-state index >= 15 is 0 Å². The Kier molecular flexibility index (Phi) is 40.6. The second-order valence-electron chi connectivity index (χ2n) is 20.0. The second kappa shape index (κ2) is 44.5. The fourth-order valence-electron chi connectivity index (χ4n) is 8.92. The Hall–Kier alpha value is -2.57. The lowest BCUT2D eigenvalue weighted by molar-refractivity contribution is -0.359. The van der Waals surface area contributed by atoms with Gasteiger partial charge in [-0.3, -0.25) is 4.79 Å². The quantitative estimate of drug-likeness (QED) is 0.0205. The van der Waals surface area contributed by atoms with E-state index < -0.39 is 86.8 Å². The molecule has 0 bridgehead atoms. The maximum atomic E-state index is 13.2. The van der Waals surface area contributed by atoms with Gasteiger partial charge in [-0.2, -0.15) is 0 Å². The van der Waals surface area contributed by atoms with Crippen LogP contribution in [0.1, 0.15) is 200 Å². The molecule has 2 aliphatic rings. The van der Waals surface area contributed by atoms with E-state index in [1.165, 1.54) is 89.9 Å². The van der Waals surface area contributed by atoms with Crippen molar-refractivity contribution in [3.63, 3.8) is 0 Å². The monoisotopic (exact) mass is 1030 g/mol. The number of carbonyl (C=O) groups is 1. The third kappa shape index (κ3) is 30.7. The molecule has 0 saturated carbocycles. The maximum absolute atomic E-state index is 13.2. The Morgan fingerprint density at radius 3 is 1.47 bits per heavy atom. The number of aliphatic hydroxyl groups is 8. The van der Waals surface area contributed by atoms with Crippen molar-refractivity contribution in [2.24, 2.45) is 0 Å². The van der Waals surface area contributed by atoms with Gasteiger partial charge in [-0.1, -0.05) is 183 Å². The SMILES string of the molecule is CCCCC/C=C\C/C=C\C/C=C\CCCCCCCCC(=O)NC(COC1OC(CO)C(OC2OC(CO)C(O)C(O)C2O)C(O)C1O)C(O)/C=C/CC/C=C/CC/C=C/CCCCCCCCCCCC. The fraction of sp³-hybridized carbons (Fsp3) is 0.780. The van der Waals surface area contributed by atoms with Crippen molar-refractivity contribution in [3.05, 3.63) is 72.9 Å². The van der Waals surface area contributed by atoms with Crippen LogP contribution >= 0.6 is 0 Å². The minimum Gasteiger partial charge on any atom is -0.394 e. The lowest BCUT2D eigenvalue weighted by Gasteiger charge is -2.46. The molecule has 9 N–H and O–H groups in total. The van der Waals surface area contributed by atoms with Crippen molar-refractivity contribution in [2.75, 3.05) is 19.8 Å². The lowest BCUT2D eigenvalue weighted by atomic mass is 9.97. The van der Waals surface area contributed by atoms with Gasteiger partial charge in [-0.25, -0.2) is 0 Å². The molecule has 0 radical (unpaired) electrons. The van der Waals surface area contributed by atoms with E-state index in [9.17, 15) is 45.6 Å². The van der Waals surface area contributed by atoms with Crippen molar-refractivity contribution < 1.29 is 64.6 Å². The van der Waals surface area contributed by atoms with Crippen LogP contribution in [-0.2, 0) is 23.7 Å². The molecule has 12 unspecified atom stereocenters. The van der Waals surface area contributed by atoms with Crippen LogP contribution < -0.4 is 5.32 Å². The van der Waals surface area contributed by atoms with Crippen molar-refractivity contribution in [2.45, 2.75) is 274 Å². The predicted molar refractivity (Wildman–Crippen MR) is 290 cm³/mol. The third-order valence-corrected chi connectivity index (χ3v) is 13.6. The Balaban J connectivity index is 1.83. The molecule has 73 heavy (non-hydrogen) atoms. The van der Waals surface area contributed by atoms with Gasteiger partial charge in [-0.15, -0.1) is 0 Å². The highest BCUT2D eigenvalue weighted by Gasteiger charge is 2.51. The number of aliphatic hydroxyl groups excluding tert-OH is 8. The molecule has 2 aliphatic heterocycles. The standard InChI is InChI=1S/C59H103NO13/c1-3-5-7-9-11-13-15-17-19-21-23-25-26-28-30-32-34-36-38-40-42-48(63)47(60-51(64)43-41-39-37-35-33-31-29-27-24-22-20-18-16-14-12-10-8-6-4-2)46-70-58-56(69)54(67)57(50(45-62)72-58)73-59-55(68)53(66)52(65)49(44-61)71-59/h12,14,18,20,24-27,32,34,40,42,47-50,52-59,61-63,65-69H,3-11,13,15-17,19,21-23,28-31,33,35-39,41,43-46H2,1-2H3,(H,60,64)/b14-12-,20-18-,26-25+,27-24-,34-32+,42-40+. The number of carbonyl (C=O) groups excluding carboxylic acids is 1. The zero-order chi connectivity index (χ0) is 53.2. The smallest absolute Gasteiger partial charge is 0.220 e. The molecule has 0 aliphatic carbocycles. The van der Waals surface area contributed by atoms with Gasteiger partial charge in [0.25, 0.3) is 0 Å². The van der Waals surface area contributed by atoms with E-state index in [0.717, 1.165) is 77.0 Å². The highest BCUT2D eigenvalue weighted by Crippen LogP contribution is 2.30. The van der Waals surface area contributed by atoms with Crippen LogP contribution in [0.2, 0.25) is 0 Å². The molecular formula is C59H103NO13. The molecule has 12 atom stereocenters. The summed E-state index contributed by atoms with van der Waals surface area (Å²) in [4.78, 5) is 13.2. The average molecular weight is 1030 g/mol. The number of ether oxygens (including phenoxy) is 4. The Bertz CT molecular complexity index is 1500. The molecule has 2 heterocycles. The van der Waals surface area contributed by atoms with E-state index in [2.05, 4.69) is 79.9 Å². The Morgan fingerprint density at radius 2 is 0.918 bits per heavy atom. The van der Waals surface area contributed by atoms with Crippen LogP contribution in [-0.4, -0.2) is 140 Å². The van der Waals surface area contributed by atoms with Gasteiger partial charge in [0.15, 0.2) is 12.6 Å². The van der Waals surface area contributed by atoms with Crippen molar-refractivity contribution in [3.8, 4) is 0 Å². The molecule has 14 nitrogen and oxygen atoms in total. The first-order valence-electron chi connectivity index (χ1n) is 28.7. The van der Waals surface area contributed by atoms with E-state index in [1.54, 1.807) is 6.08 Å². The maximum Gasteiger partial charge on any atom is 0.220 e. The molecule has 2 rings (SSSR count). The van der Waals surface area contributed by atoms with Crippen LogP contribution in [0.5, 0.6) is 0 Å². The molecule has 0 spiro atoms. The fourth-order valence-corrected chi connectivity index (χ4v) is 8.92. The number of nitrogens with one attached hydrogen (secondary N) is 1. The summed E-state index contributed by atoms with van der Waals surface area (Å²) < 4.78 is 22.7. The van der Waals surface area contributed by atoms with Crippen LogP contribution in [0.3, 0.4) is 0 Å². The summed E-state index contributed by atoms with van der Waals surface area (Å²) in [7, 11) is 0. The Labute approximate surface area is 440 Å². The first-order valence-corrected chi connectivity index (χ1v) is 28.7. The van der Waals surface area contributed by atoms with Crippen molar-refractivity contribution >= 4 is 5.91 Å². The van der Waals surface area contributed by atoms with Gasteiger partial charge >= 0.3 is 0 Å². The van der Waals surface area contributed by atoms with Crippen LogP contribution in [0.15, 0.2) is 72.9 Å². The molecule has 0 aromatic heterocycles. The molecule has 1 amide bonds. The highest BCUT2D eigenvalue weighted by atomic mass is 16.7. The van der Waals surface area contributed by atoms with Crippen LogP contribution in [0.4, 0.5) is 0 Å².